The summed E-state index contributed by atoms with van der Waals surface area (Å²) in [6, 6.07) is 2.62. The molecular weight excluding hydrogens is 362 g/mol. The topological polar surface area (TPSA) is 106 Å². The highest BCUT2D eigenvalue weighted by molar-refractivity contribution is 5.88. The number of ether oxygens (including phenoxy) is 1. The Morgan fingerprint density at radius 1 is 1.18 bits per heavy atom. The summed E-state index contributed by atoms with van der Waals surface area (Å²) in [5.41, 5.74) is 2.59. The van der Waals surface area contributed by atoms with Gasteiger partial charge < -0.3 is 19.6 Å². The summed E-state index contributed by atoms with van der Waals surface area (Å²) in [5, 5.41) is 12.6. The van der Waals surface area contributed by atoms with Crippen LogP contribution in [-0.4, -0.2) is 29.1 Å². The van der Waals surface area contributed by atoms with Crippen molar-refractivity contribution in [3.63, 3.8) is 0 Å². The average Bonchev–Trinajstić information content (AvgIpc) is 3.12. The molecular formula is C21H25NO6. The van der Waals surface area contributed by atoms with Crippen LogP contribution in [0.25, 0.3) is 11.0 Å². The second kappa shape index (κ2) is 7.66. The zero-order valence-electron chi connectivity index (χ0n) is 16.5. The Balaban J connectivity index is 1.85. The van der Waals surface area contributed by atoms with Crippen LogP contribution in [-0.2, 0) is 22.4 Å². The number of carboxylic acid groups (broad SMARTS) is 1. The lowest BCUT2D eigenvalue weighted by atomic mass is 10.0. The van der Waals surface area contributed by atoms with Crippen molar-refractivity contribution in [2.45, 2.75) is 59.1 Å². The summed E-state index contributed by atoms with van der Waals surface area (Å²) in [5.74, 6) is -1.44. The number of hydrogen-bond acceptors (Lipinski definition) is 5. The Kier molecular flexibility index (Phi) is 5.45. The van der Waals surface area contributed by atoms with Gasteiger partial charge in [-0.2, -0.15) is 0 Å². The van der Waals surface area contributed by atoms with E-state index in [1.807, 2.05) is 6.07 Å². The smallest absolute Gasteiger partial charge is 0.339 e. The summed E-state index contributed by atoms with van der Waals surface area (Å²) in [7, 11) is 0. The zero-order chi connectivity index (χ0) is 20.6. The van der Waals surface area contributed by atoms with Crippen LogP contribution in [0.3, 0.4) is 0 Å². The van der Waals surface area contributed by atoms with E-state index in [-0.39, 0.29) is 11.5 Å². The number of nitrogens with one attached hydrogen (secondary N) is 1. The highest BCUT2D eigenvalue weighted by Gasteiger charge is 2.27. The molecule has 28 heavy (non-hydrogen) atoms. The van der Waals surface area contributed by atoms with Crippen LogP contribution in [0, 0.1) is 12.8 Å². The van der Waals surface area contributed by atoms with Gasteiger partial charge in [0.05, 0.1) is 0 Å². The van der Waals surface area contributed by atoms with Crippen molar-refractivity contribution in [3.8, 4) is 5.75 Å². The van der Waals surface area contributed by atoms with Gasteiger partial charge in [0, 0.05) is 16.5 Å². The predicted octanol–water partition coefficient (Wildman–Crippen LogP) is 2.58. The van der Waals surface area contributed by atoms with E-state index in [1.165, 1.54) is 0 Å². The second-order valence-corrected chi connectivity index (χ2v) is 7.59. The van der Waals surface area contributed by atoms with Gasteiger partial charge in [0.1, 0.15) is 17.4 Å². The molecule has 0 spiro atoms. The van der Waals surface area contributed by atoms with Crippen molar-refractivity contribution >= 4 is 22.8 Å². The SMILES string of the molecule is Cc1c(OC(C)C(=O)NC(C(=O)O)C(C)C)ccc2c3c(c(=O)oc12)CCC3. The van der Waals surface area contributed by atoms with E-state index in [2.05, 4.69) is 5.32 Å². The summed E-state index contributed by atoms with van der Waals surface area (Å²) in [6.45, 7) is 6.77. The third-order valence-electron chi connectivity index (χ3n) is 5.24. The van der Waals surface area contributed by atoms with Crippen LogP contribution in [0.4, 0.5) is 0 Å². The van der Waals surface area contributed by atoms with Crippen LogP contribution < -0.4 is 15.7 Å². The Hall–Kier alpha value is -2.83. The molecule has 150 valence electrons. The van der Waals surface area contributed by atoms with Crippen LogP contribution >= 0.6 is 0 Å². The van der Waals surface area contributed by atoms with Crippen molar-refractivity contribution < 1.29 is 23.8 Å². The molecule has 0 fully saturated rings. The molecule has 1 aromatic heterocycles. The third-order valence-corrected chi connectivity index (χ3v) is 5.24. The molecule has 7 heteroatoms. The van der Waals surface area contributed by atoms with Crippen molar-refractivity contribution in [1.82, 2.24) is 5.32 Å². The molecule has 0 saturated carbocycles. The summed E-state index contributed by atoms with van der Waals surface area (Å²) in [6.07, 6.45) is 1.62. The minimum absolute atomic E-state index is 0.257. The molecule has 0 bridgehead atoms. The van der Waals surface area contributed by atoms with Gasteiger partial charge in [-0.3, -0.25) is 4.79 Å². The fourth-order valence-corrected chi connectivity index (χ4v) is 3.62. The monoisotopic (exact) mass is 387 g/mol. The number of hydrogen-bond donors (Lipinski definition) is 2. The van der Waals surface area contributed by atoms with E-state index in [0.717, 1.165) is 35.8 Å². The minimum atomic E-state index is -1.09. The maximum Gasteiger partial charge on any atom is 0.339 e. The van der Waals surface area contributed by atoms with E-state index in [9.17, 15) is 19.5 Å². The molecule has 2 N–H and O–H groups in total. The molecule has 1 aliphatic rings. The van der Waals surface area contributed by atoms with E-state index < -0.39 is 24.0 Å². The summed E-state index contributed by atoms with van der Waals surface area (Å²) < 4.78 is 11.3. The van der Waals surface area contributed by atoms with Gasteiger partial charge in [-0.15, -0.1) is 0 Å². The Labute approximate surface area is 162 Å². The second-order valence-electron chi connectivity index (χ2n) is 7.59. The Morgan fingerprint density at radius 2 is 1.86 bits per heavy atom. The van der Waals surface area contributed by atoms with Crippen LogP contribution in [0.5, 0.6) is 5.75 Å². The number of rotatable bonds is 6. The zero-order valence-corrected chi connectivity index (χ0v) is 16.5. The van der Waals surface area contributed by atoms with Gasteiger partial charge in [0.25, 0.3) is 5.91 Å². The van der Waals surface area contributed by atoms with Gasteiger partial charge in [-0.25, -0.2) is 9.59 Å². The number of carbonyl (C=O) groups excluding carboxylic acids is 1. The number of aliphatic carboxylic acids is 1. The summed E-state index contributed by atoms with van der Waals surface area (Å²) in [4.78, 5) is 35.9. The van der Waals surface area contributed by atoms with Gasteiger partial charge >= 0.3 is 11.6 Å². The molecule has 1 aliphatic carbocycles. The number of benzene rings is 1. The maximum atomic E-state index is 12.4. The van der Waals surface area contributed by atoms with Crippen LogP contribution in [0.1, 0.15) is 43.9 Å². The Bertz CT molecular complexity index is 991. The van der Waals surface area contributed by atoms with E-state index in [4.69, 9.17) is 9.15 Å². The molecule has 3 rings (SSSR count). The van der Waals surface area contributed by atoms with Gasteiger partial charge in [0.15, 0.2) is 6.10 Å². The maximum absolute atomic E-state index is 12.4. The van der Waals surface area contributed by atoms with Crippen molar-refractivity contribution in [3.05, 3.63) is 39.2 Å². The van der Waals surface area contributed by atoms with Gasteiger partial charge in [0.2, 0.25) is 0 Å². The molecule has 1 heterocycles. The predicted molar refractivity (Wildman–Crippen MR) is 104 cm³/mol. The molecule has 0 aliphatic heterocycles. The number of carboxylic acids is 1. The third kappa shape index (κ3) is 3.61. The fourth-order valence-electron chi connectivity index (χ4n) is 3.62. The molecule has 2 aromatic rings. The Morgan fingerprint density at radius 3 is 2.50 bits per heavy atom. The van der Waals surface area contributed by atoms with E-state index in [1.54, 1.807) is 33.8 Å². The quantitative estimate of drug-likeness (QED) is 0.738. The van der Waals surface area contributed by atoms with Gasteiger partial charge in [-0.1, -0.05) is 13.8 Å². The normalized spacial score (nSPS) is 15.3. The molecule has 7 nitrogen and oxygen atoms in total. The van der Waals surface area contributed by atoms with Crippen LogP contribution in [0.15, 0.2) is 21.3 Å². The van der Waals surface area contributed by atoms with Crippen molar-refractivity contribution in [2.24, 2.45) is 5.92 Å². The largest absolute Gasteiger partial charge is 0.480 e. The van der Waals surface area contributed by atoms with Crippen LogP contribution in [0.2, 0.25) is 0 Å². The molecule has 1 aromatic carbocycles. The van der Waals surface area contributed by atoms with Gasteiger partial charge in [-0.05, 0) is 56.7 Å². The lowest BCUT2D eigenvalue weighted by Crippen LogP contribution is -2.48. The summed E-state index contributed by atoms with van der Waals surface area (Å²) >= 11 is 0. The highest BCUT2D eigenvalue weighted by atomic mass is 16.5. The molecule has 0 saturated heterocycles. The molecule has 0 radical (unpaired) electrons. The van der Waals surface area contributed by atoms with E-state index in [0.29, 0.717) is 16.9 Å². The first-order valence-electron chi connectivity index (χ1n) is 9.48. The average molecular weight is 387 g/mol. The first kappa shape index (κ1) is 19.9. The standard InChI is InChI=1S/C21H25NO6/c1-10(2)17(20(24)25)22-19(23)12(4)27-16-9-8-14-13-6-5-7-15(13)21(26)28-18(14)11(16)3/h8-10,12,17H,5-7H2,1-4H3,(H,22,23)(H,24,25). The first-order valence-corrected chi connectivity index (χ1v) is 9.48. The number of fused-ring (bicyclic) bond motifs is 3. The minimum Gasteiger partial charge on any atom is -0.480 e. The number of amides is 1. The van der Waals surface area contributed by atoms with Crippen molar-refractivity contribution in [1.29, 1.82) is 0 Å². The lowest BCUT2D eigenvalue weighted by Gasteiger charge is -2.22. The number of carbonyl (C=O) groups is 2. The molecule has 2 atom stereocenters. The fraction of sp³-hybridized carbons (Fsp3) is 0.476. The number of aryl methyl sites for hydroxylation is 2. The molecule has 2 unspecified atom stereocenters. The molecule has 1 amide bonds. The first-order chi connectivity index (χ1) is 13.2. The lowest BCUT2D eigenvalue weighted by molar-refractivity contribution is -0.144. The highest BCUT2D eigenvalue weighted by Crippen LogP contribution is 2.33. The van der Waals surface area contributed by atoms with Crippen molar-refractivity contribution in [2.75, 3.05) is 0 Å². The van der Waals surface area contributed by atoms with E-state index >= 15 is 0 Å².